The molecule has 3 rings (SSSR count). The highest BCUT2D eigenvalue weighted by atomic mass is 127. The largest absolute Gasteiger partial charge is 0.494 e. The Morgan fingerprint density at radius 1 is 1.16 bits per heavy atom. The van der Waals surface area contributed by atoms with Gasteiger partial charge < -0.3 is 14.6 Å². The molecule has 11 heteroatoms. The van der Waals surface area contributed by atoms with Crippen LogP contribution in [0.3, 0.4) is 0 Å². The van der Waals surface area contributed by atoms with Crippen LogP contribution in [0.1, 0.15) is 12.5 Å². The summed E-state index contributed by atoms with van der Waals surface area (Å²) in [7, 11) is 0. The lowest BCUT2D eigenvalue weighted by Gasteiger charge is -2.29. The maximum absolute atomic E-state index is 13.2. The summed E-state index contributed by atoms with van der Waals surface area (Å²) in [6, 6.07) is 10.2. The second-order valence-corrected chi connectivity index (χ2v) is 9.09. The number of carbonyl (C=O) groups is 3. The zero-order valence-electron chi connectivity index (χ0n) is 16.6. The molecule has 2 aromatic carbocycles. The van der Waals surface area contributed by atoms with E-state index in [0.717, 1.165) is 0 Å². The molecule has 32 heavy (non-hydrogen) atoms. The zero-order chi connectivity index (χ0) is 23.4. The number of ether oxygens (including phenoxy) is 2. The van der Waals surface area contributed by atoms with Gasteiger partial charge in [0.05, 0.1) is 19.4 Å². The van der Waals surface area contributed by atoms with E-state index in [1.54, 1.807) is 36.4 Å². The SMILES string of the molecule is CCOc1ccc(N2C(=O)/C(=C/c3cc(I)c(OCC(=O)O)c(I)c3)C(=O)NC2=S)cc1. The third-order valence-electron chi connectivity index (χ3n) is 4.18. The molecule has 1 aliphatic heterocycles. The highest BCUT2D eigenvalue weighted by Crippen LogP contribution is 2.31. The van der Waals surface area contributed by atoms with Crippen molar-refractivity contribution in [1.82, 2.24) is 5.32 Å². The third-order valence-corrected chi connectivity index (χ3v) is 6.07. The van der Waals surface area contributed by atoms with E-state index in [1.165, 1.54) is 11.0 Å². The Hall–Kier alpha value is -2.26. The van der Waals surface area contributed by atoms with Gasteiger partial charge in [0.2, 0.25) is 0 Å². The summed E-state index contributed by atoms with van der Waals surface area (Å²) in [6.07, 6.45) is 1.46. The number of anilines is 1. The first kappa shape index (κ1) is 24.4. The minimum Gasteiger partial charge on any atom is -0.494 e. The van der Waals surface area contributed by atoms with Crippen molar-refractivity contribution in [2.24, 2.45) is 0 Å². The Morgan fingerprint density at radius 2 is 1.78 bits per heavy atom. The van der Waals surface area contributed by atoms with Crippen molar-refractivity contribution in [3.63, 3.8) is 0 Å². The Balaban J connectivity index is 1.93. The standard InChI is InChI=1S/C21H16I2N2O6S/c1-2-30-13-5-3-12(4-6-13)25-20(29)14(19(28)24-21(25)32)7-11-8-15(22)18(16(23)9-11)31-10-17(26)27/h3-9H,2,10H2,1H3,(H,26,27)(H,24,28,32)/b14-7+. The molecule has 2 N–H and O–H groups in total. The molecule has 0 saturated carbocycles. The summed E-state index contributed by atoms with van der Waals surface area (Å²) in [4.78, 5) is 37.7. The predicted octanol–water partition coefficient (Wildman–Crippen LogP) is 3.59. The van der Waals surface area contributed by atoms with Crippen LogP contribution in [0.4, 0.5) is 5.69 Å². The second-order valence-electron chi connectivity index (χ2n) is 6.38. The highest BCUT2D eigenvalue weighted by molar-refractivity contribution is 14.1. The van der Waals surface area contributed by atoms with E-state index in [1.807, 2.05) is 52.1 Å². The van der Waals surface area contributed by atoms with Gasteiger partial charge in [-0.25, -0.2) is 4.79 Å². The number of carboxylic acids is 1. The fourth-order valence-corrected chi connectivity index (χ4v) is 5.26. The van der Waals surface area contributed by atoms with Crippen LogP contribution < -0.4 is 19.7 Å². The van der Waals surface area contributed by atoms with Crippen molar-refractivity contribution in [3.8, 4) is 11.5 Å². The Bertz CT molecular complexity index is 1110. The molecule has 166 valence electrons. The van der Waals surface area contributed by atoms with Crippen molar-refractivity contribution in [1.29, 1.82) is 0 Å². The van der Waals surface area contributed by atoms with Gasteiger partial charge in [0.1, 0.15) is 17.1 Å². The fourth-order valence-electron chi connectivity index (χ4n) is 2.85. The Morgan fingerprint density at radius 3 is 2.34 bits per heavy atom. The van der Waals surface area contributed by atoms with E-state index in [-0.39, 0.29) is 10.7 Å². The van der Waals surface area contributed by atoms with Crippen LogP contribution >= 0.6 is 57.4 Å². The van der Waals surface area contributed by atoms with Crippen LogP contribution in [-0.4, -0.2) is 41.2 Å². The van der Waals surface area contributed by atoms with Crippen molar-refractivity contribution in [2.75, 3.05) is 18.1 Å². The van der Waals surface area contributed by atoms with Gasteiger partial charge in [0, 0.05) is 0 Å². The monoisotopic (exact) mass is 678 g/mol. The van der Waals surface area contributed by atoms with Crippen molar-refractivity contribution < 1.29 is 29.0 Å². The smallest absolute Gasteiger partial charge is 0.341 e. The lowest BCUT2D eigenvalue weighted by molar-refractivity contribution is -0.139. The number of hydrogen-bond acceptors (Lipinski definition) is 6. The predicted molar refractivity (Wildman–Crippen MR) is 139 cm³/mol. The van der Waals surface area contributed by atoms with Crippen LogP contribution in [0, 0.1) is 7.14 Å². The lowest BCUT2D eigenvalue weighted by Crippen LogP contribution is -2.54. The number of carboxylic acid groups (broad SMARTS) is 1. The molecule has 0 spiro atoms. The number of halogens is 2. The van der Waals surface area contributed by atoms with E-state index >= 15 is 0 Å². The van der Waals surface area contributed by atoms with E-state index in [2.05, 4.69) is 5.32 Å². The minimum atomic E-state index is -1.09. The molecule has 2 amide bonds. The average Bonchev–Trinajstić information content (AvgIpc) is 2.71. The molecule has 0 atom stereocenters. The van der Waals surface area contributed by atoms with Crippen LogP contribution in [0.2, 0.25) is 0 Å². The Labute approximate surface area is 216 Å². The van der Waals surface area contributed by atoms with Gasteiger partial charge in [-0.3, -0.25) is 19.8 Å². The molecule has 0 radical (unpaired) electrons. The van der Waals surface area contributed by atoms with Gasteiger partial charge in [-0.15, -0.1) is 0 Å². The van der Waals surface area contributed by atoms with E-state index < -0.39 is 24.4 Å². The van der Waals surface area contributed by atoms with Crippen LogP contribution in [-0.2, 0) is 14.4 Å². The number of benzene rings is 2. The average molecular weight is 678 g/mol. The van der Waals surface area contributed by atoms with Gasteiger partial charge in [-0.05, 0) is 112 Å². The van der Waals surface area contributed by atoms with E-state index in [9.17, 15) is 14.4 Å². The first-order valence-electron chi connectivity index (χ1n) is 9.19. The fraction of sp³-hybridized carbons (Fsp3) is 0.143. The molecule has 2 aromatic rings. The normalized spacial score (nSPS) is 15.0. The van der Waals surface area contributed by atoms with Crippen molar-refractivity contribution in [2.45, 2.75) is 6.92 Å². The molecule has 0 unspecified atom stereocenters. The van der Waals surface area contributed by atoms with Crippen molar-refractivity contribution in [3.05, 3.63) is 54.7 Å². The minimum absolute atomic E-state index is 0.0112. The molecule has 0 bridgehead atoms. The molecule has 1 heterocycles. The van der Waals surface area contributed by atoms with E-state index in [0.29, 0.717) is 36.5 Å². The van der Waals surface area contributed by atoms with Crippen LogP contribution in [0.15, 0.2) is 42.0 Å². The molecule has 1 saturated heterocycles. The highest BCUT2D eigenvalue weighted by Gasteiger charge is 2.34. The zero-order valence-corrected chi connectivity index (χ0v) is 21.7. The second kappa shape index (κ2) is 10.6. The van der Waals surface area contributed by atoms with Gasteiger partial charge in [-0.1, -0.05) is 0 Å². The number of nitrogens with zero attached hydrogens (tertiary/aromatic N) is 1. The summed E-state index contributed by atoms with van der Waals surface area (Å²) in [6.45, 7) is 1.92. The summed E-state index contributed by atoms with van der Waals surface area (Å²) in [5, 5.41) is 11.4. The molecular formula is C21H16I2N2O6S. The molecule has 1 aliphatic rings. The summed E-state index contributed by atoms with van der Waals surface area (Å²) in [5.41, 5.74) is 0.994. The molecular weight excluding hydrogens is 662 g/mol. The maximum Gasteiger partial charge on any atom is 0.341 e. The number of nitrogens with one attached hydrogen (secondary N) is 1. The number of amides is 2. The third kappa shape index (κ3) is 5.56. The lowest BCUT2D eigenvalue weighted by atomic mass is 10.1. The van der Waals surface area contributed by atoms with Gasteiger partial charge in [-0.2, -0.15) is 0 Å². The van der Waals surface area contributed by atoms with Gasteiger partial charge >= 0.3 is 5.97 Å². The van der Waals surface area contributed by atoms with E-state index in [4.69, 9.17) is 26.8 Å². The summed E-state index contributed by atoms with van der Waals surface area (Å²) < 4.78 is 12.0. The summed E-state index contributed by atoms with van der Waals surface area (Å²) >= 11 is 9.24. The van der Waals surface area contributed by atoms with Gasteiger partial charge in [0.25, 0.3) is 11.8 Å². The maximum atomic E-state index is 13.2. The molecule has 1 fully saturated rings. The number of thiocarbonyl (C=S) groups is 1. The molecule has 8 nitrogen and oxygen atoms in total. The topological polar surface area (TPSA) is 105 Å². The quantitative estimate of drug-likeness (QED) is 0.200. The molecule has 0 aliphatic carbocycles. The first-order valence-corrected chi connectivity index (χ1v) is 11.8. The number of aliphatic carboxylic acids is 1. The number of hydrogen-bond donors (Lipinski definition) is 2. The Kier molecular flexibility index (Phi) is 8.05. The number of carbonyl (C=O) groups excluding carboxylic acids is 2. The number of rotatable bonds is 7. The van der Waals surface area contributed by atoms with Crippen LogP contribution in [0.25, 0.3) is 6.08 Å². The van der Waals surface area contributed by atoms with Crippen molar-refractivity contribution >= 4 is 92.1 Å². The summed E-state index contributed by atoms with van der Waals surface area (Å²) in [5.74, 6) is -1.16. The van der Waals surface area contributed by atoms with Gasteiger partial charge in [0.15, 0.2) is 11.7 Å². The van der Waals surface area contributed by atoms with Crippen LogP contribution in [0.5, 0.6) is 11.5 Å². The molecule has 0 aromatic heterocycles. The first-order chi connectivity index (χ1) is 15.2.